The molecular formula is C8H12N2O2S. The average molecular weight is 200 g/mol. The minimum absolute atomic E-state index is 0.116. The van der Waals surface area contributed by atoms with E-state index in [4.69, 9.17) is 10.5 Å². The third kappa shape index (κ3) is 2.42. The number of aryl methyl sites for hydroxylation is 1. The zero-order chi connectivity index (χ0) is 10.0. The van der Waals surface area contributed by atoms with Crippen LogP contribution in [0, 0.1) is 6.92 Å². The number of ether oxygens (including phenoxy) is 1. The first-order valence-corrected chi connectivity index (χ1v) is 4.76. The summed E-state index contributed by atoms with van der Waals surface area (Å²) < 4.78 is 5.01. The van der Waals surface area contributed by atoms with E-state index in [1.54, 1.807) is 20.8 Å². The van der Waals surface area contributed by atoms with E-state index in [2.05, 4.69) is 4.98 Å². The summed E-state index contributed by atoms with van der Waals surface area (Å²) in [4.78, 5) is 15.8. The largest absolute Gasteiger partial charge is 0.459 e. The highest BCUT2D eigenvalue weighted by molar-refractivity contribution is 7.17. The zero-order valence-corrected chi connectivity index (χ0v) is 8.64. The Balaban J connectivity index is 2.82. The van der Waals surface area contributed by atoms with Crippen LogP contribution in [0.3, 0.4) is 0 Å². The molecule has 2 N–H and O–H groups in total. The van der Waals surface area contributed by atoms with Gasteiger partial charge in [-0.25, -0.2) is 9.78 Å². The van der Waals surface area contributed by atoms with E-state index in [9.17, 15) is 4.79 Å². The molecule has 0 aliphatic rings. The molecule has 0 aromatic carbocycles. The molecule has 1 aromatic heterocycles. The van der Waals surface area contributed by atoms with Gasteiger partial charge in [0.2, 0.25) is 0 Å². The second-order valence-corrected chi connectivity index (χ2v) is 3.95. The molecule has 0 radical (unpaired) electrons. The predicted octanol–water partition coefficient (Wildman–Crippen LogP) is 1.60. The van der Waals surface area contributed by atoms with Gasteiger partial charge in [0, 0.05) is 0 Å². The molecule has 0 aliphatic heterocycles. The minimum atomic E-state index is -0.346. The van der Waals surface area contributed by atoms with Gasteiger partial charge in [-0.15, -0.1) is 0 Å². The highest BCUT2D eigenvalue weighted by Crippen LogP contribution is 2.20. The lowest BCUT2D eigenvalue weighted by molar-refractivity contribution is 0.0382. The first-order valence-electron chi connectivity index (χ1n) is 3.94. The van der Waals surface area contributed by atoms with Crippen molar-refractivity contribution in [3.05, 3.63) is 10.6 Å². The number of esters is 1. The van der Waals surface area contributed by atoms with Crippen molar-refractivity contribution in [2.45, 2.75) is 26.9 Å². The number of hydrogen-bond donors (Lipinski definition) is 1. The molecule has 0 amide bonds. The second kappa shape index (κ2) is 3.74. The molecule has 0 saturated carbocycles. The van der Waals surface area contributed by atoms with E-state index in [0.717, 1.165) is 11.3 Å². The van der Waals surface area contributed by atoms with Gasteiger partial charge >= 0.3 is 5.97 Å². The SMILES string of the molecule is Cc1nc(N)sc1C(=O)OC(C)C. The van der Waals surface area contributed by atoms with Crippen LogP contribution >= 0.6 is 11.3 Å². The van der Waals surface area contributed by atoms with E-state index >= 15 is 0 Å². The van der Waals surface area contributed by atoms with Crippen LogP contribution in [-0.4, -0.2) is 17.1 Å². The number of nitrogens with zero attached hydrogens (tertiary/aromatic N) is 1. The maximum absolute atomic E-state index is 11.4. The van der Waals surface area contributed by atoms with Crippen molar-refractivity contribution in [3.8, 4) is 0 Å². The molecule has 0 atom stereocenters. The van der Waals surface area contributed by atoms with Crippen LogP contribution in [0.5, 0.6) is 0 Å². The Kier molecular flexibility index (Phi) is 2.87. The van der Waals surface area contributed by atoms with Crippen molar-refractivity contribution >= 4 is 22.4 Å². The number of nitrogens with two attached hydrogens (primary N) is 1. The van der Waals surface area contributed by atoms with Crippen LogP contribution in [-0.2, 0) is 4.74 Å². The van der Waals surface area contributed by atoms with Crippen molar-refractivity contribution in [3.63, 3.8) is 0 Å². The maximum atomic E-state index is 11.4. The molecule has 0 saturated heterocycles. The minimum Gasteiger partial charge on any atom is -0.459 e. The third-order valence-electron chi connectivity index (χ3n) is 1.34. The summed E-state index contributed by atoms with van der Waals surface area (Å²) >= 11 is 1.16. The number of rotatable bonds is 2. The Hall–Kier alpha value is -1.10. The molecule has 1 aromatic rings. The number of anilines is 1. The van der Waals surface area contributed by atoms with Crippen LogP contribution in [0.1, 0.15) is 29.2 Å². The van der Waals surface area contributed by atoms with E-state index in [1.165, 1.54) is 0 Å². The Morgan fingerprint density at radius 2 is 2.23 bits per heavy atom. The van der Waals surface area contributed by atoms with Crippen molar-refractivity contribution in [2.24, 2.45) is 0 Å². The van der Waals surface area contributed by atoms with Gasteiger partial charge in [-0.1, -0.05) is 11.3 Å². The number of carbonyl (C=O) groups excluding carboxylic acids is 1. The van der Waals surface area contributed by atoms with Gasteiger partial charge in [0.05, 0.1) is 11.8 Å². The zero-order valence-electron chi connectivity index (χ0n) is 7.83. The molecule has 0 bridgehead atoms. The summed E-state index contributed by atoms with van der Waals surface area (Å²) in [7, 11) is 0. The number of thiazole rings is 1. The fourth-order valence-electron chi connectivity index (χ4n) is 0.874. The third-order valence-corrected chi connectivity index (χ3v) is 2.31. The van der Waals surface area contributed by atoms with Gasteiger partial charge in [-0.2, -0.15) is 0 Å². The number of hydrogen-bond acceptors (Lipinski definition) is 5. The van der Waals surface area contributed by atoms with Crippen LogP contribution in [0.2, 0.25) is 0 Å². The summed E-state index contributed by atoms with van der Waals surface area (Å²) in [6.45, 7) is 5.35. The molecule has 1 heterocycles. The lowest BCUT2D eigenvalue weighted by Gasteiger charge is -2.05. The summed E-state index contributed by atoms with van der Waals surface area (Å²) in [6.07, 6.45) is -0.116. The van der Waals surface area contributed by atoms with E-state index in [0.29, 0.717) is 15.7 Å². The van der Waals surface area contributed by atoms with Gasteiger partial charge in [0.25, 0.3) is 0 Å². The summed E-state index contributed by atoms with van der Waals surface area (Å²) in [5.41, 5.74) is 6.08. The van der Waals surface area contributed by atoms with Gasteiger partial charge in [0.1, 0.15) is 4.88 Å². The lowest BCUT2D eigenvalue weighted by Crippen LogP contribution is -2.11. The van der Waals surface area contributed by atoms with E-state index in [-0.39, 0.29) is 12.1 Å². The lowest BCUT2D eigenvalue weighted by atomic mass is 10.4. The Morgan fingerprint density at radius 1 is 1.62 bits per heavy atom. The van der Waals surface area contributed by atoms with Crippen molar-refractivity contribution in [1.29, 1.82) is 0 Å². The van der Waals surface area contributed by atoms with Crippen molar-refractivity contribution < 1.29 is 9.53 Å². The Morgan fingerprint density at radius 3 is 2.62 bits per heavy atom. The molecule has 0 fully saturated rings. The molecule has 72 valence electrons. The fraction of sp³-hybridized carbons (Fsp3) is 0.500. The van der Waals surface area contributed by atoms with Gasteiger partial charge in [0.15, 0.2) is 5.13 Å². The molecule has 1 rings (SSSR count). The second-order valence-electron chi connectivity index (χ2n) is 2.92. The van der Waals surface area contributed by atoms with Gasteiger partial charge in [-0.05, 0) is 20.8 Å². The first kappa shape index (κ1) is 9.98. The smallest absolute Gasteiger partial charge is 0.350 e. The highest BCUT2D eigenvalue weighted by atomic mass is 32.1. The van der Waals surface area contributed by atoms with Crippen molar-refractivity contribution in [2.75, 3.05) is 5.73 Å². The topological polar surface area (TPSA) is 65.2 Å². The summed E-state index contributed by atoms with van der Waals surface area (Å²) in [5.74, 6) is -0.346. The molecule has 13 heavy (non-hydrogen) atoms. The normalized spacial score (nSPS) is 10.5. The summed E-state index contributed by atoms with van der Waals surface area (Å²) in [6, 6.07) is 0. The standard InChI is InChI=1S/C8H12N2O2S/c1-4(2)12-7(11)6-5(3)10-8(9)13-6/h4H,1-3H3,(H2,9,10). The van der Waals surface area contributed by atoms with Crippen LogP contribution < -0.4 is 5.73 Å². The number of carbonyl (C=O) groups is 1. The molecule has 5 heteroatoms. The molecule has 0 aliphatic carbocycles. The molecular weight excluding hydrogens is 188 g/mol. The van der Waals surface area contributed by atoms with Crippen LogP contribution in [0.15, 0.2) is 0 Å². The monoisotopic (exact) mass is 200 g/mol. The maximum Gasteiger partial charge on any atom is 0.350 e. The first-order chi connectivity index (χ1) is 6.00. The summed E-state index contributed by atoms with van der Waals surface area (Å²) in [5, 5.41) is 0.396. The predicted molar refractivity (Wildman–Crippen MR) is 51.8 cm³/mol. The Labute approximate surface area is 80.7 Å². The fourth-order valence-corrected chi connectivity index (χ4v) is 1.59. The Bertz CT molecular complexity index is 320. The van der Waals surface area contributed by atoms with Crippen molar-refractivity contribution in [1.82, 2.24) is 4.98 Å². The van der Waals surface area contributed by atoms with E-state index in [1.807, 2.05) is 0 Å². The number of aromatic nitrogens is 1. The van der Waals surface area contributed by atoms with Gasteiger partial charge in [-0.3, -0.25) is 0 Å². The molecule has 0 spiro atoms. The van der Waals surface area contributed by atoms with E-state index < -0.39 is 0 Å². The van der Waals surface area contributed by atoms with Gasteiger partial charge < -0.3 is 10.5 Å². The molecule has 4 nitrogen and oxygen atoms in total. The number of nitrogen functional groups attached to an aromatic ring is 1. The van der Waals surface area contributed by atoms with Crippen LogP contribution in [0.25, 0.3) is 0 Å². The quantitative estimate of drug-likeness (QED) is 0.736. The molecule has 0 unspecified atom stereocenters. The average Bonchev–Trinajstić information content (AvgIpc) is 2.28. The highest BCUT2D eigenvalue weighted by Gasteiger charge is 2.16. The van der Waals surface area contributed by atoms with Crippen LogP contribution in [0.4, 0.5) is 5.13 Å².